The van der Waals surface area contributed by atoms with Crippen LogP contribution in [-0.4, -0.2) is 10.9 Å². The summed E-state index contributed by atoms with van der Waals surface area (Å²) in [6.07, 6.45) is 1.82. The van der Waals surface area contributed by atoms with E-state index in [1.807, 2.05) is 55.6 Å². The van der Waals surface area contributed by atoms with E-state index in [2.05, 4.69) is 34.6 Å². The maximum atomic E-state index is 12.5. The second-order valence-corrected chi connectivity index (χ2v) is 8.16. The zero-order valence-electron chi connectivity index (χ0n) is 15.9. The Morgan fingerprint density at radius 3 is 2.62 bits per heavy atom. The maximum absolute atomic E-state index is 12.5. The summed E-state index contributed by atoms with van der Waals surface area (Å²) in [4.78, 5) is 18.1. The fraction of sp³-hybridized carbons (Fsp3) is 0.0833. The van der Waals surface area contributed by atoms with Gasteiger partial charge in [0.1, 0.15) is 0 Å². The Bertz CT molecular complexity index is 1170. The molecule has 0 bridgehead atoms. The summed E-state index contributed by atoms with van der Waals surface area (Å²) in [6.45, 7) is 1.93. The molecule has 0 aliphatic carbocycles. The SMILES string of the molecule is Cc1ccc(NC(=O)c2ccc(CSc3cccc4cccnc34)cc2)cc1Cl. The Morgan fingerprint density at radius 1 is 1.03 bits per heavy atom. The molecule has 1 N–H and O–H groups in total. The Morgan fingerprint density at radius 2 is 1.83 bits per heavy atom. The zero-order chi connectivity index (χ0) is 20.2. The summed E-state index contributed by atoms with van der Waals surface area (Å²) in [5.41, 5.74) is 4.45. The van der Waals surface area contributed by atoms with Gasteiger partial charge < -0.3 is 5.32 Å². The Balaban J connectivity index is 1.42. The number of hydrogen-bond donors (Lipinski definition) is 1. The average molecular weight is 419 g/mol. The van der Waals surface area contributed by atoms with Crippen molar-refractivity contribution in [1.29, 1.82) is 0 Å². The van der Waals surface area contributed by atoms with Crippen molar-refractivity contribution in [1.82, 2.24) is 4.98 Å². The van der Waals surface area contributed by atoms with E-state index in [1.165, 1.54) is 0 Å². The lowest BCUT2D eigenvalue weighted by atomic mass is 10.1. The number of para-hydroxylation sites is 1. The van der Waals surface area contributed by atoms with Crippen molar-refractivity contribution in [2.24, 2.45) is 0 Å². The molecule has 4 rings (SSSR count). The third kappa shape index (κ3) is 4.61. The molecular formula is C24H19ClN2OS. The molecule has 4 aromatic rings. The van der Waals surface area contributed by atoms with Crippen LogP contribution in [0.5, 0.6) is 0 Å². The van der Waals surface area contributed by atoms with Crippen LogP contribution in [0.3, 0.4) is 0 Å². The highest BCUT2D eigenvalue weighted by Gasteiger charge is 2.08. The number of aromatic nitrogens is 1. The summed E-state index contributed by atoms with van der Waals surface area (Å²) in [5.74, 6) is 0.660. The Hall–Kier alpha value is -2.82. The molecule has 0 aliphatic heterocycles. The smallest absolute Gasteiger partial charge is 0.255 e. The van der Waals surface area contributed by atoms with Gasteiger partial charge in [0.25, 0.3) is 5.91 Å². The lowest BCUT2D eigenvalue weighted by molar-refractivity contribution is 0.102. The molecule has 1 aromatic heterocycles. The van der Waals surface area contributed by atoms with Crippen LogP contribution in [0.15, 0.2) is 83.9 Å². The maximum Gasteiger partial charge on any atom is 0.255 e. The molecule has 144 valence electrons. The number of fused-ring (bicyclic) bond motifs is 1. The van der Waals surface area contributed by atoms with Gasteiger partial charge in [-0.25, -0.2) is 0 Å². The number of benzene rings is 3. The highest BCUT2D eigenvalue weighted by molar-refractivity contribution is 7.98. The standard InChI is InChI=1S/C24H19ClN2OS/c1-16-7-12-20(14-21(16)25)27-24(28)19-10-8-17(9-11-19)15-29-22-6-2-4-18-5-3-13-26-23(18)22/h2-14H,15H2,1H3,(H,27,28). The number of pyridine rings is 1. The molecule has 3 nitrogen and oxygen atoms in total. The van der Waals surface area contributed by atoms with Gasteiger partial charge >= 0.3 is 0 Å². The Kier molecular flexibility index (Phi) is 5.84. The fourth-order valence-corrected chi connectivity index (χ4v) is 4.16. The number of nitrogens with one attached hydrogen (secondary N) is 1. The number of rotatable bonds is 5. The molecule has 1 heterocycles. The minimum absolute atomic E-state index is 0.151. The second kappa shape index (κ2) is 8.68. The summed E-state index contributed by atoms with van der Waals surface area (Å²) in [5, 5.41) is 4.66. The van der Waals surface area contributed by atoms with E-state index in [0.29, 0.717) is 16.3 Å². The predicted molar refractivity (Wildman–Crippen MR) is 122 cm³/mol. The highest BCUT2D eigenvalue weighted by atomic mass is 35.5. The molecule has 0 saturated heterocycles. The van der Waals surface area contributed by atoms with Crippen molar-refractivity contribution < 1.29 is 4.79 Å². The van der Waals surface area contributed by atoms with Crippen LogP contribution in [0, 0.1) is 6.92 Å². The van der Waals surface area contributed by atoms with E-state index in [4.69, 9.17) is 11.6 Å². The molecule has 0 fully saturated rings. The van der Waals surface area contributed by atoms with E-state index < -0.39 is 0 Å². The number of carbonyl (C=O) groups is 1. The lowest BCUT2D eigenvalue weighted by Gasteiger charge is -2.08. The average Bonchev–Trinajstić information content (AvgIpc) is 2.75. The number of amides is 1. The van der Waals surface area contributed by atoms with Gasteiger partial charge in [0.05, 0.1) is 5.52 Å². The molecule has 29 heavy (non-hydrogen) atoms. The molecular weight excluding hydrogens is 400 g/mol. The van der Waals surface area contributed by atoms with Crippen LogP contribution in [0.25, 0.3) is 10.9 Å². The molecule has 5 heteroatoms. The van der Waals surface area contributed by atoms with Gasteiger partial charge in [-0.05, 0) is 54.4 Å². The predicted octanol–water partition coefficient (Wildman–Crippen LogP) is 6.74. The number of aryl methyl sites for hydroxylation is 1. The monoisotopic (exact) mass is 418 g/mol. The van der Waals surface area contributed by atoms with E-state index in [1.54, 1.807) is 17.8 Å². The van der Waals surface area contributed by atoms with Crippen LogP contribution in [-0.2, 0) is 5.75 Å². The largest absolute Gasteiger partial charge is 0.322 e. The first-order chi connectivity index (χ1) is 14.1. The van der Waals surface area contributed by atoms with Gasteiger partial charge in [-0.1, -0.05) is 48.0 Å². The molecule has 0 atom stereocenters. The van der Waals surface area contributed by atoms with Crippen LogP contribution in [0.2, 0.25) is 5.02 Å². The first-order valence-corrected chi connectivity index (χ1v) is 10.6. The van der Waals surface area contributed by atoms with E-state index in [-0.39, 0.29) is 5.91 Å². The third-order valence-corrected chi connectivity index (χ3v) is 6.16. The quantitative estimate of drug-likeness (QED) is 0.365. The van der Waals surface area contributed by atoms with Crippen LogP contribution < -0.4 is 5.32 Å². The van der Waals surface area contributed by atoms with Crippen molar-refractivity contribution in [3.8, 4) is 0 Å². The topological polar surface area (TPSA) is 42.0 Å². The minimum atomic E-state index is -0.151. The van der Waals surface area contributed by atoms with Gasteiger partial charge in [0.15, 0.2) is 0 Å². The van der Waals surface area contributed by atoms with Crippen LogP contribution in [0.1, 0.15) is 21.5 Å². The van der Waals surface area contributed by atoms with Crippen molar-refractivity contribution in [3.05, 3.63) is 101 Å². The van der Waals surface area contributed by atoms with Crippen molar-refractivity contribution in [2.75, 3.05) is 5.32 Å². The second-order valence-electron chi connectivity index (χ2n) is 6.73. The molecule has 0 saturated carbocycles. The first-order valence-electron chi connectivity index (χ1n) is 9.23. The normalized spacial score (nSPS) is 10.8. The molecule has 0 unspecified atom stereocenters. The van der Waals surface area contributed by atoms with E-state index in [9.17, 15) is 4.79 Å². The van der Waals surface area contributed by atoms with Crippen molar-refractivity contribution >= 4 is 45.9 Å². The number of carbonyl (C=O) groups excluding carboxylic acids is 1. The molecule has 0 aliphatic rings. The van der Waals surface area contributed by atoms with Crippen molar-refractivity contribution in [2.45, 2.75) is 17.6 Å². The molecule has 1 amide bonds. The highest BCUT2D eigenvalue weighted by Crippen LogP contribution is 2.29. The van der Waals surface area contributed by atoms with E-state index in [0.717, 1.165) is 32.7 Å². The molecule has 0 spiro atoms. The van der Waals surface area contributed by atoms with Gasteiger partial charge in [-0.2, -0.15) is 0 Å². The Labute approximate surface area is 179 Å². The van der Waals surface area contributed by atoms with E-state index >= 15 is 0 Å². The van der Waals surface area contributed by atoms with Gasteiger partial charge in [0, 0.05) is 38.5 Å². The summed E-state index contributed by atoms with van der Waals surface area (Å²) < 4.78 is 0. The van der Waals surface area contributed by atoms with Gasteiger partial charge in [0.2, 0.25) is 0 Å². The summed E-state index contributed by atoms with van der Waals surface area (Å²) in [7, 11) is 0. The van der Waals surface area contributed by atoms with Gasteiger partial charge in [-0.15, -0.1) is 11.8 Å². The van der Waals surface area contributed by atoms with Crippen LogP contribution in [0.4, 0.5) is 5.69 Å². The molecule has 0 radical (unpaired) electrons. The third-order valence-electron chi connectivity index (χ3n) is 4.64. The summed E-state index contributed by atoms with van der Waals surface area (Å²) >= 11 is 7.87. The summed E-state index contributed by atoms with van der Waals surface area (Å²) in [6, 6.07) is 23.4. The van der Waals surface area contributed by atoms with Gasteiger partial charge in [-0.3, -0.25) is 9.78 Å². The fourth-order valence-electron chi connectivity index (χ4n) is 2.98. The minimum Gasteiger partial charge on any atom is -0.322 e. The number of anilines is 1. The van der Waals surface area contributed by atoms with Crippen LogP contribution >= 0.6 is 23.4 Å². The number of thioether (sulfide) groups is 1. The zero-order valence-corrected chi connectivity index (χ0v) is 17.4. The first kappa shape index (κ1) is 19.5. The number of halogens is 1. The number of hydrogen-bond acceptors (Lipinski definition) is 3. The lowest BCUT2D eigenvalue weighted by Crippen LogP contribution is -2.11. The van der Waals surface area contributed by atoms with Crippen molar-refractivity contribution in [3.63, 3.8) is 0 Å². The number of nitrogens with zero attached hydrogens (tertiary/aromatic N) is 1. The molecule has 3 aromatic carbocycles.